The number of benzene rings is 2. The van der Waals surface area contributed by atoms with E-state index in [-0.39, 0.29) is 6.54 Å². The number of carbonyl (C=O) groups is 2. The van der Waals surface area contributed by atoms with E-state index in [0.717, 1.165) is 23.5 Å². The number of Topliss-reactive ketones (excluding diaryl/α,β-unsaturated/α-hetero) is 1. The van der Waals surface area contributed by atoms with Crippen molar-refractivity contribution in [2.75, 3.05) is 13.2 Å². The summed E-state index contributed by atoms with van der Waals surface area (Å²) in [5.74, 6) is 6.25. The lowest BCUT2D eigenvalue weighted by Crippen LogP contribution is -2.46. The standard InChI is InChI=1S/C25H28N2O3/c26-16-23(24(29)17-28)27-25(30)22-14-12-21(13-15-22)11-10-20-8-6-19(7-9-20)5-4-18-2-1-3-18/h6-9,12-15,18,23,28H,1-5,16-17,26H2,(H,27,30)/t23-/m0/s1. The maximum atomic E-state index is 12.2. The minimum Gasteiger partial charge on any atom is -0.388 e. The van der Waals surface area contributed by atoms with Crippen molar-refractivity contribution in [3.05, 3.63) is 70.8 Å². The molecule has 0 heterocycles. The van der Waals surface area contributed by atoms with Crippen molar-refractivity contribution in [3.8, 4) is 11.8 Å². The molecule has 0 saturated heterocycles. The number of nitrogens with one attached hydrogen (secondary N) is 1. The van der Waals surface area contributed by atoms with Crippen molar-refractivity contribution in [1.29, 1.82) is 0 Å². The van der Waals surface area contributed by atoms with E-state index in [1.165, 1.54) is 31.2 Å². The number of hydrogen-bond donors (Lipinski definition) is 3. The molecule has 5 heteroatoms. The summed E-state index contributed by atoms with van der Waals surface area (Å²) in [6, 6.07) is 14.3. The summed E-state index contributed by atoms with van der Waals surface area (Å²) in [5, 5.41) is 11.4. The number of rotatable bonds is 8. The van der Waals surface area contributed by atoms with Crippen molar-refractivity contribution >= 4 is 11.7 Å². The first-order valence-electron chi connectivity index (χ1n) is 10.4. The van der Waals surface area contributed by atoms with Crippen LogP contribution < -0.4 is 11.1 Å². The second-order valence-corrected chi connectivity index (χ2v) is 7.75. The number of aryl methyl sites for hydroxylation is 1. The molecule has 1 aliphatic rings. The van der Waals surface area contributed by atoms with Crippen molar-refractivity contribution < 1.29 is 14.7 Å². The number of ketones is 1. The van der Waals surface area contributed by atoms with Crippen molar-refractivity contribution in [2.24, 2.45) is 11.7 Å². The number of aliphatic hydroxyl groups excluding tert-OH is 1. The predicted molar refractivity (Wildman–Crippen MR) is 117 cm³/mol. The van der Waals surface area contributed by atoms with Gasteiger partial charge in [0.05, 0.1) is 0 Å². The SMILES string of the molecule is NC[C@H](NC(=O)c1ccc(C#Cc2ccc(CCC3CCC3)cc2)cc1)C(=O)CO. The summed E-state index contributed by atoms with van der Waals surface area (Å²) in [7, 11) is 0. The van der Waals surface area contributed by atoms with Gasteiger partial charge in [0.25, 0.3) is 5.91 Å². The average Bonchev–Trinajstić information content (AvgIpc) is 2.75. The van der Waals surface area contributed by atoms with Gasteiger partial charge in [0.15, 0.2) is 5.78 Å². The largest absolute Gasteiger partial charge is 0.388 e. The molecule has 0 aromatic heterocycles. The molecule has 0 bridgehead atoms. The Labute approximate surface area is 177 Å². The monoisotopic (exact) mass is 404 g/mol. The van der Waals surface area contributed by atoms with Crippen molar-refractivity contribution in [2.45, 2.75) is 38.1 Å². The van der Waals surface area contributed by atoms with E-state index in [4.69, 9.17) is 10.8 Å². The molecule has 5 nitrogen and oxygen atoms in total. The maximum Gasteiger partial charge on any atom is 0.251 e. The molecule has 1 fully saturated rings. The molecule has 1 aliphatic carbocycles. The molecule has 1 amide bonds. The van der Waals surface area contributed by atoms with Crippen LogP contribution in [0, 0.1) is 17.8 Å². The smallest absolute Gasteiger partial charge is 0.251 e. The lowest BCUT2D eigenvalue weighted by atomic mass is 9.81. The molecular formula is C25H28N2O3. The van der Waals surface area contributed by atoms with Gasteiger partial charge in [0, 0.05) is 23.2 Å². The van der Waals surface area contributed by atoms with E-state index in [9.17, 15) is 9.59 Å². The van der Waals surface area contributed by atoms with Gasteiger partial charge in [0.1, 0.15) is 12.6 Å². The number of amides is 1. The number of aliphatic hydroxyl groups is 1. The molecule has 1 atom stereocenters. The van der Waals surface area contributed by atoms with Gasteiger partial charge in [-0.2, -0.15) is 0 Å². The zero-order chi connectivity index (χ0) is 21.3. The van der Waals surface area contributed by atoms with Crippen LogP contribution in [0.1, 0.15) is 52.7 Å². The highest BCUT2D eigenvalue weighted by Crippen LogP contribution is 2.30. The third-order valence-electron chi connectivity index (χ3n) is 5.60. The highest BCUT2D eigenvalue weighted by molar-refractivity contribution is 5.98. The van der Waals surface area contributed by atoms with E-state index >= 15 is 0 Å². The van der Waals surface area contributed by atoms with Crippen LogP contribution >= 0.6 is 0 Å². The molecule has 2 aromatic rings. The maximum absolute atomic E-state index is 12.2. The van der Waals surface area contributed by atoms with Crippen molar-refractivity contribution in [1.82, 2.24) is 5.32 Å². The van der Waals surface area contributed by atoms with Gasteiger partial charge in [-0.15, -0.1) is 0 Å². The van der Waals surface area contributed by atoms with Gasteiger partial charge >= 0.3 is 0 Å². The average molecular weight is 405 g/mol. The molecule has 156 valence electrons. The predicted octanol–water partition coefficient (Wildman–Crippen LogP) is 2.44. The first-order valence-corrected chi connectivity index (χ1v) is 10.4. The zero-order valence-electron chi connectivity index (χ0n) is 17.1. The molecule has 2 aromatic carbocycles. The fourth-order valence-corrected chi connectivity index (χ4v) is 3.38. The normalized spacial score (nSPS) is 14.2. The van der Waals surface area contributed by atoms with Crippen LogP contribution in [-0.2, 0) is 11.2 Å². The first kappa shape index (κ1) is 21.8. The Morgan fingerprint density at radius 2 is 1.63 bits per heavy atom. The van der Waals surface area contributed by atoms with Crippen LogP contribution in [0.15, 0.2) is 48.5 Å². The molecule has 0 aliphatic heterocycles. The molecule has 4 N–H and O–H groups in total. The van der Waals surface area contributed by atoms with E-state index in [1.807, 2.05) is 0 Å². The van der Waals surface area contributed by atoms with E-state index in [2.05, 4.69) is 41.4 Å². The summed E-state index contributed by atoms with van der Waals surface area (Å²) < 4.78 is 0. The van der Waals surface area contributed by atoms with Crippen LogP contribution in [0.25, 0.3) is 0 Å². The third kappa shape index (κ3) is 6.03. The van der Waals surface area contributed by atoms with Gasteiger partial charge in [0.2, 0.25) is 0 Å². The highest BCUT2D eigenvalue weighted by atomic mass is 16.3. The van der Waals surface area contributed by atoms with E-state index < -0.39 is 24.3 Å². The number of carbonyl (C=O) groups excluding carboxylic acids is 2. The zero-order valence-corrected chi connectivity index (χ0v) is 17.1. The Balaban J connectivity index is 1.56. The molecule has 0 unspecified atom stereocenters. The highest BCUT2D eigenvalue weighted by Gasteiger charge is 2.19. The minimum absolute atomic E-state index is 0.0614. The van der Waals surface area contributed by atoms with Gasteiger partial charge in [-0.25, -0.2) is 0 Å². The van der Waals surface area contributed by atoms with E-state index in [0.29, 0.717) is 5.56 Å². The third-order valence-corrected chi connectivity index (χ3v) is 5.60. The Morgan fingerprint density at radius 3 is 2.13 bits per heavy atom. The molecule has 1 saturated carbocycles. The van der Waals surface area contributed by atoms with Crippen LogP contribution in [0.5, 0.6) is 0 Å². The Kier molecular flexibility index (Phi) is 7.78. The molecule has 30 heavy (non-hydrogen) atoms. The first-order chi connectivity index (χ1) is 14.6. The van der Waals surface area contributed by atoms with Gasteiger partial charge in [-0.1, -0.05) is 43.2 Å². The number of nitrogens with two attached hydrogens (primary N) is 1. The second kappa shape index (κ2) is 10.7. The summed E-state index contributed by atoms with van der Waals surface area (Å²) >= 11 is 0. The molecular weight excluding hydrogens is 376 g/mol. The summed E-state index contributed by atoms with van der Waals surface area (Å²) in [6.07, 6.45) is 6.58. The Hall–Kier alpha value is -2.94. The Bertz CT molecular complexity index is 920. The van der Waals surface area contributed by atoms with Crippen LogP contribution in [0.3, 0.4) is 0 Å². The quantitative estimate of drug-likeness (QED) is 0.589. The van der Waals surface area contributed by atoms with Crippen LogP contribution in [0.2, 0.25) is 0 Å². The van der Waals surface area contributed by atoms with Gasteiger partial charge < -0.3 is 16.2 Å². The second-order valence-electron chi connectivity index (χ2n) is 7.75. The lowest BCUT2D eigenvalue weighted by molar-refractivity contribution is -0.123. The molecule has 3 rings (SSSR count). The fraction of sp³-hybridized carbons (Fsp3) is 0.360. The van der Waals surface area contributed by atoms with E-state index in [1.54, 1.807) is 24.3 Å². The molecule has 0 spiro atoms. The van der Waals surface area contributed by atoms with Crippen LogP contribution in [-0.4, -0.2) is 36.0 Å². The van der Waals surface area contributed by atoms with Gasteiger partial charge in [-0.3, -0.25) is 9.59 Å². The van der Waals surface area contributed by atoms with Crippen LogP contribution in [0.4, 0.5) is 0 Å². The summed E-state index contributed by atoms with van der Waals surface area (Å²) in [6.45, 7) is -0.716. The minimum atomic E-state index is -0.890. The fourth-order valence-electron chi connectivity index (χ4n) is 3.38. The number of hydrogen-bond acceptors (Lipinski definition) is 4. The molecule has 0 radical (unpaired) electrons. The summed E-state index contributed by atoms with van der Waals surface area (Å²) in [4.78, 5) is 23.8. The van der Waals surface area contributed by atoms with Gasteiger partial charge in [-0.05, 0) is 60.7 Å². The lowest BCUT2D eigenvalue weighted by Gasteiger charge is -2.25. The Morgan fingerprint density at radius 1 is 1.03 bits per heavy atom. The summed E-state index contributed by atoms with van der Waals surface area (Å²) in [5.41, 5.74) is 8.99. The van der Waals surface area contributed by atoms with Crippen molar-refractivity contribution in [3.63, 3.8) is 0 Å². The topological polar surface area (TPSA) is 92.4 Å².